The molecular weight excluding hydrogens is 288 g/mol. The topological polar surface area (TPSA) is 49.3 Å². The number of anilines is 1. The van der Waals surface area contributed by atoms with Gasteiger partial charge in [-0.2, -0.15) is 0 Å². The van der Waals surface area contributed by atoms with Gasteiger partial charge in [0.15, 0.2) is 0 Å². The number of carbonyl (C=O) groups excluding carboxylic acids is 1. The molecule has 1 fully saturated rings. The van der Waals surface area contributed by atoms with Gasteiger partial charge >= 0.3 is 0 Å². The number of hydrogen-bond acceptors (Lipinski definition) is 4. The van der Waals surface area contributed by atoms with Crippen LogP contribution in [-0.2, 0) is 0 Å². The molecule has 0 saturated carbocycles. The average molecular weight is 303 g/mol. The number of piperazine rings is 1. The van der Waals surface area contributed by atoms with E-state index in [1.807, 2.05) is 23.1 Å². The van der Waals surface area contributed by atoms with Gasteiger partial charge in [0.05, 0.1) is 0 Å². The Labute approximate surface area is 128 Å². The summed E-state index contributed by atoms with van der Waals surface area (Å²) < 4.78 is 0. The Kier molecular flexibility index (Phi) is 4.01. The Morgan fingerprint density at radius 1 is 1.05 bits per heavy atom. The van der Waals surface area contributed by atoms with Crippen molar-refractivity contribution >= 4 is 23.3 Å². The SMILES string of the molecule is O=C(c1ccnc(Cl)c1)N1CCN(c2ccccn2)CC1. The molecule has 108 valence electrons. The number of carbonyl (C=O) groups is 1. The highest BCUT2D eigenvalue weighted by molar-refractivity contribution is 6.29. The zero-order valence-corrected chi connectivity index (χ0v) is 12.2. The fourth-order valence-corrected chi connectivity index (χ4v) is 2.57. The van der Waals surface area contributed by atoms with Gasteiger partial charge in [0, 0.05) is 44.1 Å². The quantitative estimate of drug-likeness (QED) is 0.797. The highest BCUT2D eigenvalue weighted by Gasteiger charge is 2.22. The first-order chi connectivity index (χ1) is 10.2. The standard InChI is InChI=1S/C15H15ClN4O/c16-13-11-12(4-6-17-13)15(21)20-9-7-19(8-10-20)14-3-1-2-5-18-14/h1-6,11H,7-10H2. The number of amides is 1. The number of halogens is 1. The van der Waals surface area contributed by atoms with E-state index in [1.54, 1.807) is 24.5 Å². The summed E-state index contributed by atoms with van der Waals surface area (Å²) >= 11 is 5.83. The molecule has 2 aromatic rings. The largest absolute Gasteiger partial charge is 0.353 e. The smallest absolute Gasteiger partial charge is 0.254 e. The molecule has 0 spiro atoms. The van der Waals surface area contributed by atoms with Crippen LogP contribution in [0, 0.1) is 0 Å². The van der Waals surface area contributed by atoms with Crippen molar-refractivity contribution in [2.45, 2.75) is 0 Å². The Morgan fingerprint density at radius 2 is 1.86 bits per heavy atom. The van der Waals surface area contributed by atoms with Crippen LogP contribution >= 0.6 is 11.6 Å². The third-order valence-corrected chi connectivity index (χ3v) is 3.72. The second kappa shape index (κ2) is 6.10. The molecule has 0 aromatic carbocycles. The van der Waals surface area contributed by atoms with Crippen LogP contribution in [0.3, 0.4) is 0 Å². The highest BCUT2D eigenvalue weighted by atomic mass is 35.5. The number of nitrogens with zero attached hydrogens (tertiary/aromatic N) is 4. The molecule has 2 aromatic heterocycles. The molecule has 3 heterocycles. The maximum atomic E-state index is 12.4. The first-order valence-corrected chi connectivity index (χ1v) is 7.18. The fraction of sp³-hybridized carbons (Fsp3) is 0.267. The second-order valence-electron chi connectivity index (χ2n) is 4.83. The Hall–Kier alpha value is -2.14. The van der Waals surface area contributed by atoms with Gasteiger partial charge in [0.1, 0.15) is 11.0 Å². The lowest BCUT2D eigenvalue weighted by molar-refractivity contribution is 0.0746. The van der Waals surface area contributed by atoms with Crippen molar-refractivity contribution in [3.8, 4) is 0 Å². The molecule has 0 radical (unpaired) electrons. The maximum Gasteiger partial charge on any atom is 0.254 e. The molecule has 5 nitrogen and oxygen atoms in total. The zero-order valence-electron chi connectivity index (χ0n) is 11.4. The van der Waals surface area contributed by atoms with Gasteiger partial charge in [-0.1, -0.05) is 17.7 Å². The lowest BCUT2D eigenvalue weighted by atomic mass is 10.2. The van der Waals surface area contributed by atoms with Crippen LogP contribution in [-0.4, -0.2) is 47.0 Å². The molecule has 0 bridgehead atoms. The lowest BCUT2D eigenvalue weighted by Gasteiger charge is -2.35. The molecule has 6 heteroatoms. The lowest BCUT2D eigenvalue weighted by Crippen LogP contribution is -2.49. The average Bonchev–Trinajstić information content (AvgIpc) is 2.55. The Balaban J connectivity index is 1.64. The summed E-state index contributed by atoms with van der Waals surface area (Å²) in [5.41, 5.74) is 0.585. The van der Waals surface area contributed by atoms with E-state index in [0.717, 1.165) is 18.9 Å². The summed E-state index contributed by atoms with van der Waals surface area (Å²) in [4.78, 5) is 24.7. The maximum absolute atomic E-state index is 12.4. The van der Waals surface area contributed by atoms with Gasteiger partial charge < -0.3 is 9.80 Å². The van der Waals surface area contributed by atoms with Crippen LogP contribution in [0.15, 0.2) is 42.7 Å². The minimum absolute atomic E-state index is 0.0000270. The van der Waals surface area contributed by atoms with E-state index in [9.17, 15) is 4.79 Å². The summed E-state index contributed by atoms with van der Waals surface area (Å²) in [6, 6.07) is 9.16. The monoisotopic (exact) mass is 302 g/mol. The molecule has 0 N–H and O–H groups in total. The molecule has 21 heavy (non-hydrogen) atoms. The van der Waals surface area contributed by atoms with Crippen LogP contribution in [0.4, 0.5) is 5.82 Å². The first-order valence-electron chi connectivity index (χ1n) is 6.81. The summed E-state index contributed by atoms with van der Waals surface area (Å²) in [5, 5.41) is 0.341. The summed E-state index contributed by atoms with van der Waals surface area (Å²) in [6.45, 7) is 2.91. The number of aromatic nitrogens is 2. The Morgan fingerprint density at radius 3 is 2.52 bits per heavy atom. The predicted octanol–water partition coefficient (Wildman–Crippen LogP) is 2.09. The van der Waals surface area contributed by atoms with E-state index in [-0.39, 0.29) is 5.91 Å². The van der Waals surface area contributed by atoms with Gasteiger partial charge in [-0.25, -0.2) is 9.97 Å². The van der Waals surface area contributed by atoms with Gasteiger partial charge in [-0.05, 0) is 24.3 Å². The Bertz CT molecular complexity index is 627. The van der Waals surface area contributed by atoms with Gasteiger partial charge in [0.2, 0.25) is 0 Å². The van der Waals surface area contributed by atoms with E-state index >= 15 is 0 Å². The third kappa shape index (κ3) is 3.13. The van der Waals surface area contributed by atoms with Crippen molar-refractivity contribution in [1.29, 1.82) is 0 Å². The van der Waals surface area contributed by atoms with Crippen molar-refractivity contribution in [2.75, 3.05) is 31.1 Å². The zero-order chi connectivity index (χ0) is 14.7. The number of hydrogen-bond donors (Lipinski definition) is 0. The van der Waals surface area contributed by atoms with Crippen LogP contribution < -0.4 is 4.90 Å². The minimum atomic E-state index is -0.0000270. The normalized spacial score (nSPS) is 15.1. The number of pyridine rings is 2. The van der Waals surface area contributed by atoms with Crippen LogP contribution in [0.2, 0.25) is 5.15 Å². The molecule has 0 atom stereocenters. The van der Waals surface area contributed by atoms with Crippen LogP contribution in [0.1, 0.15) is 10.4 Å². The number of rotatable bonds is 2. The van der Waals surface area contributed by atoms with Crippen molar-refractivity contribution < 1.29 is 4.79 Å². The summed E-state index contributed by atoms with van der Waals surface area (Å²) in [5.74, 6) is 0.955. The predicted molar refractivity (Wildman–Crippen MR) is 81.6 cm³/mol. The second-order valence-corrected chi connectivity index (χ2v) is 5.22. The third-order valence-electron chi connectivity index (χ3n) is 3.51. The summed E-state index contributed by atoms with van der Waals surface area (Å²) in [6.07, 6.45) is 3.34. The van der Waals surface area contributed by atoms with Crippen molar-refractivity contribution in [3.05, 3.63) is 53.4 Å². The van der Waals surface area contributed by atoms with Crippen molar-refractivity contribution in [2.24, 2.45) is 0 Å². The molecule has 3 rings (SSSR count). The van der Waals surface area contributed by atoms with Gasteiger partial charge in [-0.15, -0.1) is 0 Å². The van der Waals surface area contributed by atoms with Crippen molar-refractivity contribution in [1.82, 2.24) is 14.9 Å². The summed E-state index contributed by atoms with van der Waals surface area (Å²) in [7, 11) is 0. The molecule has 1 aliphatic heterocycles. The van der Waals surface area contributed by atoms with E-state index in [2.05, 4.69) is 14.9 Å². The molecule has 1 saturated heterocycles. The highest BCUT2D eigenvalue weighted by Crippen LogP contribution is 2.15. The minimum Gasteiger partial charge on any atom is -0.353 e. The molecular formula is C15H15ClN4O. The van der Waals surface area contributed by atoms with E-state index in [1.165, 1.54) is 0 Å². The molecule has 1 aliphatic rings. The molecule has 1 amide bonds. The van der Waals surface area contributed by atoms with Crippen LogP contribution in [0.5, 0.6) is 0 Å². The fourth-order valence-electron chi connectivity index (χ4n) is 2.40. The van der Waals surface area contributed by atoms with Gasteiger partial charge in [-0.3, -0.25) is 4.79 Å². The van der Waals surface area contributed by atoms with E-state index in [0.29, 0.717) is 23.8 Å². The van der Waals surface area contributed by atoms with Crippen LogP contribution in [0.25, 0.3) is 0 Å². The molecule has 0 unspecified atom stereocenters. The van der Waals surface area contributed by atoms with E-state index < -0.39 is 0 Å². The molecule has 0 aliphatic carbocycles. The van der Waals surface area contributed by atoms with Gasteiger partial charge in [0.25, 0.3) is 5.91 Å². The van der Waals surface area contributed by atoms with Crippen molar-refractivity contribution in [3.63, 3.8) is 0 Å². The first kappa shape index (κ1) is 13.8. The van der Waals surface area contributed by atoms with E-state index in [4.69, 9.17) is 11.6 Å².